The van der Waals surface area contributed by atoms with Crippen LogP contribution >= 0.6 is 11.6 Å². The summed E-state index contributed by atoms with van der Waals surface area (Å²) in [5.41, 5.74) is 1.54. The maximum atomic E-state index is 13.0. The van der Waals surface area contributed by atoms with Crippen molar-refractivity contribution in [3.63, 3.8) is 0 Å². The van der Waals surface area contributed by atoms with Crippen LogP contribution in [-0.2, 0) is 16.4 Å². The van der Waals surface area contributed by atoms with Gasteiger partial charge in [-0.2, -0.15) is 4.31 Å². The van der Waals surface area contributed by atoms with Crippen molar-refractivity contribution in [2.75, 3.05) is 19.6 Å². The summed E-state index contributed by atoms with van der Waals surface area (Å²) in [7, 11) is -3.52. The lowest BCUT2D eigenvalue weighted by Crippen LogP contribution is -2.43. The molecule has 1 aliphatic rings. The summed E-state index contributed by atoms with van der Waals surface area (Å²) >= 11 is 6.06. The molecule has 1 atom stereocenters. The van der Waals surface area contributed by atoms with Crippen LogP contribution in [-0.4, -0.2) is 38.3 Å². The van der Waals surface area contributed by atoms with E-state index in [4.69, 9.17) is 11.6 Å². The Morgan fingerprint density at radius 3 is 2.57 bits per heavy atom. The monoisotopic (exact) mass is 420 g/mol. The Morgan fingerprint density at radius 1 is 1.18 bits per heavy atom. The molecule has 1 aliphatic heterocycles. The molecule has 150 valence electrons. The van der Waals surface area contributed by atoms with Crippen molar-refractivity contribution in [1.29, 1.82) is 0 Å². The highest BCUT2D eigenvalue weighted by Crippen LogP contribution is 2.24. The molecular weight excluding hydrogens is 396 g/mol. The van der Waals surface area contributed by atoms with Gasteiger partial charge in [-0.3, -0.25) is 4.79 Å². The molecule has 3 rings (SSSR count). The van der Waals surface area contributed by atoms with Gasteiger partial charge in [-0.1, -0.05) is 42.8 Å². The Balaban J connectivity index is 1.63. The molecule has 0 aromatic heterocycles. The van der Waals surface area contributed by atoms with Crippen molar-refractivity contribution >= 4 is 27.5 Å². The van der Waals surface area contributed by atoms with E-state index in [0.29, 0.717) is 35.1 Å². The van der Waals surface area contributed by atoms with Crippen LogP contribution in [0.25, 0.3) is 0 Å². The molecule has 2 aromatic carbocycles. The number of amides is 1. The van der Waals surface area contributed by atoms with Crippen molar-refractivity contribution in [3.8, 4) is 0 Å². The summed E-state index contributed by atoms with van der Waals surface area (Å²) < 4.78 is 27.4. The van der Waals surface area contributed by atoms with Crippen LogP contribution in [0.15, 0.2) is 53.4 Å². The molecule has 7 heteroatoms. The summed E-state index contributed by atoms with van der Waals surface area (Å²) in [5.74, 6) is -0.161. The largest absolute Gasteiger partial charge is 0.352 e. The van der Waals surface area contributed by atoms with Gasteiger partial charge in [0.25, 0.3) is 5.91 Å². The zero-order valence-electron chi connectivity index (χ0n) is 15.9. The molecule has 28 heavy (non-hydrogen) atoms. The number of rotatable bonds is 6. The smallest absolute Gasteiger partial charge is 0.252 e. The molecule has 0 saturated carbocycles. The second-order valence-electron chi connectivity index (χ2n) is 7.06. The second kappa shape index (κ2) is 9.07. The van der Waals surface area contributed by atoms with Crippen LogP contribution in [0.4, 0.5) is 0 Å². The van der Waals surface area contributed by atoms with E-state index >= 15 is 0 Å². The minimum Gasteiger partial charge on any atom is -0.352 e. The van der Waals surface area contributed by atoms with Crippen molar-refractivity contribution < 1.29 is 13.2 Å². The Kier molecular flexibility index (Phi) is 6.75. The molecule has 0 radical (unpaired) electrons. The third-order valence-corrected chi connectivity index (χ3v) is 7.33. The number of sulfonamides is 1. The number of carbonyl (C=O) groups is 1. The first-order chi connectivity index (χ1) is 13.4. The maximum absolute atomic E-state index is 13.0. The van der Waals surface area contributed by atoms with Gasteiger partial charge in [0.15, 0.2) is 0 Å². The van der Waals surface area contributed by atoms with E-state index in [9.17, 15) is 13.2 Å². The molecule has 0 bridgehead atoms. The summed E-state index contributed by atoms with van der Waals surface area (Å²) in [6.45, 7) is 3.37. The van der Waals surface area contributed by atoms with Gasteiger partial charge in [0.1, 0.15) is 0 Å². The molecule has 0 spiro atoms. The topological polar surface area (TPSA) is 66.5 Å². The molecule has 1 saturated heterocycles. The number of piperidine rings is 1. The molecule has 5 nitrogen and oxygen atoms in total. The number of benzene rings is 2. The van der Waals surface area contributed by atoms with E-state index in [2.05, 4.69) is 5.32 Å². The average molecular weight is 421 g/mol. The minimum atomic E-state index is -3.52. The Bertz CT molecular complexity index is 929. The highest BCUT2D eigenvalue weighted by molar-refractivity contribution is 7.89. The zero-order chi connectivity index (χ0) is 20.1. The van der Waals surface area contributed by atoms with E-state index < -0.39 is 10.0 Å². The first-order valence-electron chi connectivity index (χ1n) is 9.53. The molecule has 1 fully saturated rings. The van der Waals surface area contributed by atoms with E-state index in [-0.39, 0.29) is 11.8 Å². The Hall–Kier alpha value is -1.89. The van der Waals surface area contributed by atoms with Gasteiger partial charge in [0.2, 0.25) is 10.0 Å². The van der Waals surface area contributed by atoms with Gasteiger partial charge in [-0.05, 0) is 55.0 Å². The van der Waals surface area contributed by atoms with E-state index in [1.54, 1.807) is 36.4 Å². The molecule has 1 heterocycles. The van der Waals surface area contributed by atoms with Crippen LogP contribution in [0.2, 0.25) is 5.02 Å². The summed E-state index contributed by atoms with van der Waals surface area (Å²) in [4.78, 5) is 12.7. The predicted molar refractivity (Wildman–Crippen MR) is 111 cm³/mol. The van der Waals surface area contributed by atoms with E-state index in [0.717, 1.165) is 24.8 Å². The van der Waals surface area contributed by atoms with Crippen LogP contribution in [0.5, 0.6) is 0 Å². The van der Waals surface area contributed by atoms with Gasteiger partial charge in [0, 0.05) is 19.6 Å². The number of halogens is 1. The summed E-state index contributed by atoms with van der Waals surface area (Å²) in [6, 6.07) is 14.0. The fraction of sp³-hybridized carbons (Fsp3) is 0.381. The van der Waals surface area contributed by atoms with Gasteiger partial charge in [0.05, 0.1) is 15.5 Å². The van der Waals surface area contributed by atoms with Crippen LogP contribution < -0.4 is 5.32 Å². The lowest BCUT2D eigenvalue weighted by Gasteiger charge is -2.32. The number of aryl methyl sites for hydroxylation is 1. The molecule has 1 N–H and O–H groups in total. The van der Waals surface area contributed by atoms with E-state index in [1.807, 2.05) is 19.1 Å². The highest BCUT2D eigenvalue weighted by atomic mass is 35.5. The van der Waals surface area contributed by atoms with Gasteiger partial charge in [-0.25, -0.2) is 8.42 Å². The fourth-order valence-corrected chi connectivity index (χ4v) is 5.21. The van der Waals surface area contributed by atoms with Gasteiger partial charge < -0.3 is 5.32 Å². The SMILES string of the molecule is CCc1ccc(S(=O)(=O)N2CCC[C@@H](CNC(=O)c3ccccc3Cl)C2)cc1. The lowest BCUT2D eigenvalue weighted by molar-refractivity contribution is 0.0941. The van der Waals surface area contributed by atoms with Gasteiger partial charge >= 0.3 is 0 Å². The third-order valence-electron chi connectivity index (χ3n) is 5.12. The van der Waals surface area contributed by atoms with Crippen molar-refractivity contribution in [2.24, 2.45) is 5.92 Å². The Morgan fingerprint density at radius 2 is 1.89 bits per heavy atom. The number of hydrogen-bond donors (Lipinski definition) is 1. The first-order valence-corrected chi connectivity index (χ1v) is 11.4. The molecule has 0 unspecified atom stereocenters. The lowest BCUT2D eigenvalue weighted by atomic mass is 9.99. The van der Waals surface area contributed by atoms with Gasteiger partial charge in [-0.15, -0.1) is 0 Å². The molecule has 0 aliphatic carbocycles. The van der Waals surface area contributed by atoms with Crippen LogP contribution in [0.3, 0.4) is 0 Å². The quantitative estimate of drug-likeness (QED) is 0.774. The maximum Gasteiger partial charge on any atom is 0.252 e. The summed E-state index contributed by atoms with van der Waals surface area (Å²) in [5, 5.41) is 3.30. The van der Waals surface area contributed by atoms with Crippen molar-refractivity contribution in [1.82, 2.24) is 9.62 Å². The first kappa shape index (κ1) is 20.8. The number of nitrogens with one attached hydrogen (secondary N) is 1. The summed E-state index contributed by atoms with van der Waals surface area (Å²) in [6.07, 6.45) is 2.53. The van der Waals surface area contributed by atoms with E-state index in [1.165, 1.54) is 4.31 Å². The number of nitrogens with zero attached hydrogens (tertiary/aromatic N) is 1. The minimum absolute atomic E-state index is 0.0740. The zero-order valence-corrected chi connectivity index (χ0v) is 17.5. The number of carbonyl (C=O) groups excluding carboxylic acids is 1. The Labute approximate surface area is 171 Å². The van der Waals surface area contributed by atoms with Crippen molar-refractivity contribution in [2.45, 2.75) is 31.1 Å². The highest BCUT2D eigenvalue weighted by Gasteiger charge is 2.30. The van der Waals surface area contributed by atoms with Crippen LogP contribution in [0, 0.1) is 5.92 Å². The molecule has 1 amide bonds. The second-order valence-corrected chi connectivity index (χ2v) is 9.40. The predicted octanol–water partition coefficient (Wildman–Crippen LogP) is 3.73. The van der Waals surface area contributed by atoms with Crippen molar-refractivity contribution in [3.05, 3.63) is 64.7 Å². The third kappa shape index (κ3) is 4.74. The fourth-order valence-electron chi connectivity index (χ4n) is 3.44. The standard InChI is InChI=1S/C21H25ClN2O3S/c1-2-16-9-11-18(12-10-16)28(26,27)24-13-5-6-17(15-24)14-23-21(25)19-7-3-4-8-20(19)22/h3-4,7-12,17H,2,5-6,13-15H2,1H3,(H,23,25)/t17-/m0/s1. The number of hydrogen-bond acceptors (Lipinski definition) is 3. The van der Waals surface area contributed by atoms with Crippen LogP contribution in [0.1, 0.15) is 35.7 Å². The molecular formula is C21H25ClN2O3S. The molecule has 2 aromatic rings. The normalized spacial score (nSPS) is 18.0. The average Bonchev–Trinajstić information content (AvgIpc) is 2.72.